The molecule has 0 aliphatic carbocycles. The summed E-state index contributed by atoms with van der Waals surface area (Å²) >= 11 is 0. The first kappa shape index (κ1) is 22.6. The summed E-state index contributed by atoms with van der Waals surface area (Å²) in [4.78, 5) is 18.5. The van der Waals surface area contributed by atoms with Crippen LogP contribution in [-0.4, -0.2) is 57.1 Å². The Morgan fingerprint density at radius 1 is 1.24 bits per heavy atom. The molecule has 158 valence electrons. The average molecular weight is 422 g/mol. The van der Waals surface area contributed by atoms with Crippen LogP contribution in [0.2, 0.25) is 0 Å². The van der Waals surface area contributed by atoms with Crippen molar-refractivity contribution in [3.63, 3.8) is 0 Å². The number of methoxy groups -OCH3 is 1. The van der Waals surface area contributed by atoms with Crippen molar-refractivity contribution in [2.75, 3.05) is 31.6 Å². The molecule has 1 heterocycles. The predicted molar refractivity (Wildman–Crippen MR) is 111 cm³/mol. The standard InChI is InChI=1S/C20H27N3O5S/c1-5-28-18-10-11-21-14-17(18)22-29(25,26)19-9-7-6-8-16(19)20(24)23(15(2)3)12-13-27-4/h6-11,14-15,22H,5,12-13H2,1-4H3. The zero-order valence-electron chi connectivity index (χ0n) is 17.1. The molecule has 29 heavy (non-hydrogen) atoms. The van der Waals surface area contributed by atoms with Gasteiger partial charge in [-0.25, -0.2) is 8.42 Å². The fraction of sp³-hybridized carbons (Fsp3) is 0.400. The first-order valence-electron chi connectivity index (χ1n) is 9.30. The second-order valence-electron chi connectivity index (χ2n) is 6.49. The average Bonchev–Trinajstić information content (AvgIpc) is 2.69. The Morgan fingerprint density at radius 2 is 1.97 bits per heavy atom. The van der Waals surface area contributed by atoms with Crippen LogP contribution in [0.1, 0.15) is 31.1 Å². The number of rotatable bonds is 10. The quantitative estimate of drug-likeness (QED) is 0.633. The van der Waals surface area contributed by atoms with Crippen molar-refractivity contribution < 1.29 is 22.7 Å². The van der Waals surface area contributed by atoms with Gasteiger partial charge in [-0.15, -0.1) is 0 Å². The van der Waals surface area contributed by atoms with Gasteiger partial charge in [0.1, 0.15) is 16.3 Å². The number of aromatic nitrogens is 1. The number of hydrogen-bond acceptors (Lipinski definition) is 6. The van der Waals surface area contributed by atoms with E-state index >= 15 is 0 Å². The van der Waals surface area contributed by atoms with E-state index in [1.54, 1.807) is 37.1 Å². The van der Waals surface area contributed by atoms with Gasteiger partial charge in [0, 0.05) is 32.0 Å². The van der Waals surface area contributed by atoms with Crippen molar-refractivity contribution in [3.05, 3.63) is 48.3 Å². The summed E-state index contributed by atoms with van der Waals surface area (Å²) in [5, 5.41) is 0. The number of hydrogen-bond donors (Lipinski definition) is 1. The number of nitrogens with one attached hydrogen (secondary N) is 1. The van der Waals surface area contributed by atoms with Gasteiger partial charge < -0.3 is 14.4 Å². The monoisotopic (exact) mass is 421 g/mol. The van der Waals surface area contributed by atoms with Gasteiger partial charge in [-0.05, 0) is 32.9 Å². The third kappa shape index (κ3) is 5.68. The summed E-state index contributed by atoms with van der Waals surface area (Å²) in [5.74, 6) is -0.0203. The second kappa shape index (κ2) is 10.2. The first-order valence-corrected chi connectivity index (χ1v) is 10.8. The maximum Gasteiger partial charge on any atom is 0.262 e. The Labute approximate surface area is 171 Å². The highest BCUT2D eigenvalue weighted by molar-refractivity contribution is 7.92. The van der Waals surface area contributed by atoms with Gasteiger partial charge in [-0.2, -0.15) is 0 Å². The van der Waals surface area contributed by atoms with E-state index in [2.05, 4.69) is 9.71 Å². The molecule has 9 heteroatoms. The minimum Gasteiger partial charge on any atom is -0.492 e. The van der Waals surface area contributed by atoms with E-state index in [1.165, 1.54) is 24.5 Å². The molecule has 0 atom stereocenters. The van der Waals surface area contributed by atoms with Gasteiger partial charge >= 0.3 is 0 Å². The van der Waals surface area contributed by atoms with Crippen LogP contribution in [0.3, 0.4) is 0 Å². The number of pyridine rings is 1. The largest absolute Gasteiger partial charge is 0.492 e. The SMILES string of the molecule is CCOc1ccncc1NS(=O)(=O)c1ccccc1C(=O)N(CCOC)C(C)C. The summed E-state index contributed by atoms with van der Waals surface area (Å²) in [6, 6.07) is 7.57. The number of ether oxygens (including phenoxy) is 2. The highest BCUT2D eigenvalue weighted by atomic mass is 32.2. The first-order chi connectivity index (χ1) is 13.8. The molecule has 0 saturated carbocycles. The molecule has 0 fully saturated rings. The Kier molecular flexibility index (Phi) is 7.98. The zero-order valence-corrected chi connectivity index (χ0v) is 17.9. The van der Waals surface area contributed by atoms with Gasteiger partial charge in [0.05, 0.1) is 25.0 Å². The van der Waals surface area contributed by atoms with E-state index in [0.717, 1.165) is 0 Å². The maximum atomic E-state index is 13.1. The van der Waals surface area contributed by atoms with Crippen molar-refractivity contribution in [2.24, 2.45) is 0 Å². The van der Waals surface area contributed by atoms with E-state index < -0.39 is 10.0 Å². The van der Waals surface area contributed by atoms with Gasteiger partial charge in [0.25, 0.3) is 15.9 Å². The Balaban J connectivity index is 2.42. The van der Waals surface area contributed by atoms with Gasteiger partial charge in [-0.3, -0.25) is 14.5 Å². The molecule has 2 rings (SSSR count). The molecule has 1 amide bonds. The van der Waals surface area contributed by atoms with Crippen molar-refractivity contribution in [3.8, 4) is 5.75 Å². The minimum atomic E-state index is -4.06. The zero-order chi connectivity index (χ0) is 21.4. The summed E-state index contributed by atoms with van der Waals surface area (Å²) in [7, 11) is -2.51. The number of sulfonamides is 1. The molecule has 0 spiro atoms. The molecule has 0 aliphatic heterocycles. The summed E-state index contributed by atoms with van der Waals surface area (Å²) in [5.41, 5.74) is 0.295. The fourth-order valence-corrected chi connectivity index (χ4v) is 4.01. The lowest BCUT2D eigenvalue weighted by Crippen LogP contribution is -2.40. The molecule has 0 unspecified atom stereocenters. The van der Waals surface area contributed by atoms with Crippen molar-refractivity contribution in [1.29, 1.82) is 0 Å². The highest BCUT2D eigenvalue weighted by Crippen LogP contribution is 2.27. The summed E-state index contributed by atoms with van der Waals surface area (Å²) in [6.07, 6.45) is 2.88. The molecule has 1 aromatic carbocycles. The van der Waals surface area contributed by atoms with Crippen molar-refractivity contribution >= 4 is 21.6 Å². The van der Waals surface area contributed by atoms with Crippen molar-refractivity contribution in [2.45, 2.75) is 31.7 Å². The second-order valence-corrected chi connectivity index (χ2v) is 8.14. The smallest absolute Gasteiger partial charge is 0.262 e. The number of carbonyl (C=O) groups excluding carboxylic acids is 1. The molecule has 0 saturated heterocycles. The van der Waals surface area contributed by atoms with Crippen LogP contribution in [-0.2, 0) is 14.8 Å². The molecule has 0 aliphatic rings. The summed E-state index contributed by atoms with van der Waals surface area (Å²) in [6.45, 7) is 6.61. The number of amides is 1. The topological polar surface area (TPSA) is 97.8 Å². The van der Waals surface area contributed by atoms with Crippen LogP contribution in [0.4, 0.5) is 5.69 Å². The highest BCUT2D eigenvalue weighted by Gasteiger charge is 2.27. The molecular weight excluding hydrogens is 394 g/mol. The van der Waals surface area contributed by atoms with Crippen LogP contribution >= 0.6 is 0 Å². The normalized spacial score (nSPS) is 11.3. The molecule has 0 bridgehead atoms. The molecule has 1 N–H and O–H groups in total. The van der Waals surface area contributed by atoms with Crippen LogP contribution in [0.5, 0.6) is 5.75 Å². The lowest BCUT2D eigenvalue weighted by molar-refractivity contribution is 0.0631. The molecule has 8 nitrogen and oxygen atoms in total. The Bertz CT molecular complexity index is 931. The van der Waals surface area contributed by atoms with Crippen LogP contribution in [0, 0.1) is 0 Å². The lowest BCUT2D eigenvalue weighted by atomic mass is 10.1. The number of anilines is 1. The minimum absolute atomic E-state index is 0.0895. The van der Waals surface area contributed by atoms with Crippen molar-refractivity contribution in [1.82, 2.24) is 9.88 Å². The number of nitrogens with zero attached hydrogens (tertiary/aromatic N) is 2. The molecule has 0 radical (unpaired) electrons. The molecule has 1 aromatic heterocycles. The third-order valence-electron chi connectivity index (χ3n) is 4.15. The molecular formula is C20H27N3O5S. The van der Waals surface area contributed by atoms with Crippen LogP contribution in [0.25, 0.3) is 0 Å². The van der Waals surface area contributed by atoms with Gasteiger partial charge in [-0.1, -0.05) is 12.1 Å². The van der Waals surface area contributed by atoms with E-state index in [4.69, 9.17) is 9.47 Å². The van der Waals surface area contributed by atoms with Crippen LogP contribution in [0.15, 0.2) is 47.6 Å². The third-order valence-corrected chi connectivity index (χ3v) is 5.58. The van der Waals surface area contributed by atoms with Crippen LogP contribution < -0.4 is 9.46 Å². The lowest BCUT2D eigenvalue weighted by Gasteiger charge is -2.27. The van der Waals surface area contributed by atoms with Gasteiger partial charge in [0.2, 0.25) is 0 Å². The number of benzene rings is 1. The van der Waals surface area contributed by atoms with E-state index in [-0.39, 0.29) is 28.1 Å². The Morgan fingerprint density at radius 3 is 2.62 bits per heavy atom. The predicted octanol–water partition coefficient (Wildman–Crippen LogP) is 2.78. The van der Waals surface area contributed by atoms with E-state index in [1.807, 2.05) is 13.8 Å². The van der Waals surface area contributed by atoms with E-state index in [9.17, 15) is 13.2 Å². The van der Waals surface area contributed by atoms with E-state index in [0.29, 0.717) is 25.5 Å². The summed E-state index contributed by atoms with van der Waals surface area (Å²) < 4.78 is 39.2. The fourth-order valence-electron chi connectivity index (χ4n) is 2.76. The number of carbonyl (C=O) groups is 1. The van der Waals surface area contributed by atoms with Gasteiger partial charge in [0.15, 0.2) is 0 Å². The maximum absolute atomic E-state index is 13.1. The molecule has 2 aromatic rings. The Hall–Kier alpha value is -2.65.